The van der Waals surface area contributed by atoms with E-state index in [4.69, 9.17) is 14.2 Å². The first-order chi connectivity index (χ1) is 11.6. The Bertz CT molecular complexity index is 909. The Hall–Kier alpha value is -3.09. The Balaban J connectivity index is 1.85. The summed E-state index contributed by atoms with van der Waals surface area (Å²) in [6.45, 7) is 0.507. The highest BCUT2D eigenvalue weighted by Gasteiger charge is 2.12. The lowest BCUT2D eigenvalue weighted by atomic mass is 10.1. The number of methoxy groups -OCH3 is 3. The van der Waals surface area contributed by atoms with E-state index in [0.717, 1.165) is 11.3 Å². The van der Waals surface area contributed by atoms with Crippen LogP contribution in [0, 0.1) is 0 Å². The minimum Gasteiger partial charge on any atom is -0.496 e. The van der Waals surface area contributed by atoms with Gasteiger partial charge in [-0.15, -0.1) is 0 Å². The van der Waals surface area contributed by atoms with Gasteiger partial charge in [-0.05, 0) is 24.3 Å². The van der Waals surface area contributed by atoms with Crippen LogP contribution in [0.25, 0.3) is 0 Å². The maximum Gasteiger partial charge on any atom is 0.368 e. The number of urea groups is 1. The third-order valence-electron chi connectivity index (χ3n) is 3.68. The second kappa shape index (κ2) is 6.57. The Morgan fingerprint density at radius 3 is 2.25 bits per heavy atom. The molecule has 7 heteroatoms. The SMILES string of the molecule is COc1cc(OC)c(OC)cc1CNc1ccc2c(c1)=NC(=O)N=2. The van der Waals surface area contributed by atoms with Gasteiger partial charge in [-0.3, -0.25) is 0 Å². The highest BCUT2D eigenvalue weighted by atomic mass is 16.5. The molecule has 0 atom stereocenters. The van der Waals surface area contributed by atoms with Gasteiger partial charge in [-0.2, -0.15) is 9.98 Å². The summed E-state index contributed by atoms with van der Waals surface area (Å²) < 4.78 is 16.0. The molecule has 0 aliphatic carbocycles. The normalized spacial score (nSPS) is 12.0. The van der Waals surface area contributed by atoms with Gasteiger partial charge in [0.15, 0.2) is 11.5 Å². The van der Waals surface area contributed by atoms with Crippen LogP contribution in [0.1, 0.15) is 5.56 Å². The molecule has 0 fully saturated rings. The number of ether oxygens (including phenoxy) is 3. The molecule has 7 nitrogen and oxygen atoms in total. The Morgan fingerprint density at radius 2 is 1.54 bits per heavy atom. The van der Waals surface area contributed by atoms with Gasteiger partial charge in [0.25, 0.3) is 0 Å². The van der Waals surface area contributed by atoms with Gasteiger partial charge in [0, 0.05) is 23.9 Å². The zero-order valence-corrected chi connectivity index (χ0v) is 13.6. The van der Waals surface area contributed by atoms with Crippen LogP contribution in [0.4, 0.5) is 10.5 Å². The van der Waals surface area contributed by atoms with Crippen molar-refractivity contribution in [2.45, 2.75) is 6.54 Å². The Kier molecular flexibility index (Phi) is 4.33. The van der Waals surface area contributed by atoms with Crippen molar-refractivity contribution >= 4 is 11.7 Å². The fourth-order valence-electron chi connectivity index (χ4n) is 2.48. The molecule has 0 bridgehead atoms. The highest BCUT2D eigenvalue weighted by molar-refractivity contribution is 5.77. The van der Waals surface area contributed by atoms with Crippen molar-refractivity contribution in [3.63, 3.8) is 0 Å². The lowest BCUT2D eigenvalue weighted by Crippen LogP contribution is -2.21. The van der Waals surface area contributed by atoms with E-state index in [0.29, 0.717) is 34.5 Å². The predicted molar refractivity (Wildman–Crippen MR) is 87.6 cm³/mol. The molecular weight excluding hydrogens is 310 g/mol. The number of hydrogen-bond acceptors (Lipinski definition) is 5. The number of amides is 2. The molecule has 1 heterocycles. The largest absolute Gasteiger partial charge is 0.496 e. The second-order valence-electron chi connectivity index (χ2n) is 5.08. The zero-order valence-electron chi connectivity index (χ0n) is 13.6. The van der Waals surface area contributed by atoms with Crippen LogP contribution in [0.15, 0.2) is 40.3 Å². The summed E-state index contributed by atoms with van der Waals surface area (Å²) in [5.74, 6) is 1.93. The van der Waals surface area contributed by atoms with Gasteiger partial charge in [-0.25, -0.2) is 4.79 Å². The van der Waals surface area contributed by atoms with Crippen molar-refractivity contribution in [2.24, 2.45) is 9.98 Å². The Morgan fingerprint density at radius 1 is 0.875 bits per heavy atom. The number of anilines is 1. The first-order valence-corrected chi connectivity index (χ1v) is 7.29. The quantitative estimate of drug-likeness (QED) is 0.873. The lowest BCUT2D eigenvalue weighted by Gasteiger charge is -2.15. The van der Waals surface area contributed by atoms with Crippen molar-refractivity contribution in [1.82, 2.24) is 0 Å². The monoisotopic (exact) mass is 327 g/mol. The number of carbonyl (C=O) groups excluding carboxylic acids is 1. The van der Waals surface area contributed by atoms with Crippen molar-refractivity contribution in [2.75, 3.05) is 26.6 Å². The molecular formula is C17H17N3O4. The minimum absolute atomic E-state index is 0.469. The van der Waals surface area contributed by atoms with E-state index in [1.54, 1.807) is 39.5 Å². The summed E-state index contributed by atoms with van der Waals surface area (Å²) in [7, 11) is 4.77. The van der Waals surface area contributed by atoms with E-state index in [1.807, 2.05) is 12.1 Å². The number of benzene rings is 2. The minimum atomic E-state index is -0.469. The third kappa shape index (κ3) is 3.01. The van der Waals surface area contributed by atoms with E-state index in [9.17, 15) is 4.79 Å². The standard InChI is InChI=1S/C17H17N3O4/c1-22-14-8-16(24-3)15(23-2)6-10(14)9-18-11-4-5-12-13(7-11)20-17(21)19-12/h4-8,18H,9H2,1-3H3. The smallest absolute Gasteiger partial charge is 0.368 e. The topological polar surface area (TPSA) is 81.5 Å². The second-order valence-corrected chi connectivity index (χ2v) is 5.08. The summed E-state index contributed by atoms with van der Waals surface area (Å²) in [4.78, 5) is 18.9. The average Bonchev–Trinajstić information content (AvgIpc) is 2.98. The van der Waals surface area contributed by atoms with Gasteiger partial charge in [-0.1, -0.05) is 0 Å². The van der Waals surface area contributed by atoms with Gasteiger partial charge < -0.3 is 19.5 Å². The van der Waals surface area contributed by atoms with Crippen LogP contribution in [0.3, 0.4) is 0 Å². The van der Waals surface area contributed by atoms with Crippen molar-refractivity contribution in [3.05, 3.63) is 46.6 Å². The van der Waals surface area contributed by atoms with Crippen LogP contribution >= 0.6 is 0 Å². The number of fused-ring (bicyclic) bond motifs is 1. The molecule has 1 aliphatic heterocycles. The molecule has 0 aromatic heterocycles. The molecule has 0 spiro atoms. The summed E-state index contributed by atoms with van der Waals surface area (Å²) in [5, 5.41) is 4.44. The van der Waals surface area contributed by atoms with Gasteiger partial charge in [0.1, 0.15) is 5.75 Å². The molecule has 24 heavy (non-hydrogen) atoms. The van der Waals surface area contributed by atoms with E-state index in [-0.39, 0.29) is 0 Å². The van der Waals surface area contributed by atoms with E-state index >= 15 is 0 Å². The predicted octanol–water partition coefficient (Wildman–Crippen LogP) is 1.70. The molecule has 1 aliphatic rings. The summed E-state index contributed by atoms with van der Waals surface area (Å²) >= 11 is 0. The summed E-state index contributed by atoms with van der Waals surface area (Å²) in [6, 6.07) is 8.58. The molecule has 0 unspecified atom stereocenters. The summed E-state index contributed by atoms with van der Waals surface area (Å²) in [6.07, 6.45) is 0. The molecule has 0 saturated carbocycles. The van der Waals surface area contributed by atoms with Crippen LogP contribution in [0.5, 0.6) is 17.2 Å². The zero-order chi connectivity index (χ0) is 17.1. The molecule has 1 N–H and O–H groups in total. The number of carbonyl (C=O) groups is 1. The molecule has 2 aromatic carbocycles. The number of nitrogens with zero attached hydrogens (tertiary/aromatic N) is 2. The molecule has 3 rings (SSSR count). The van der Waals surface area contributed by atoms with Crippen molar-refractivity contribution in [3.8, 4) is 17.2 Å². The molecule has 124 valence electrons. The highest BCUT2D eigenvalue weighted by Crippen LogP contribution is 2.34. The maximum atomic E-state index is 11.2. The molecule has 2 amide bonds. The lowest BCUT2D eigenvalue weighted by molar-refractivity contribution is 0.256. The Labute approximate surface area is 138 Å². The maximum absolute atomic E-state index is 11.2. The first kappa shape index (κ1) is 15.8. The fourth-order valence-corrected chi connectivity index (χ4v) is 2.48. The van der Waals surface area contributed by atoms with E-state index in [2.05, 4.69) is 15.3 Å². The van der Waals surface area contributed by atoms with Crippen LogP contribution in [-0.2, 0) is 6.54 Å². The van der Waals surface area contributed by atoms with Crippen LogP contribution < -0.4 is 30.2 Å². The van der Waals surface area contributed by atoms with E-state index in [1.165, 1.54) is 0 Å². The van der Waals surface area contributed by atoms with Crippen molar-refractivity contribution < 1.29 is 19.0 Å². The number of rotatable bonds is 6. The van der Waals surface area contributed by atoms with Gasteiger partial charge in [0.05, 0.1) is 32.0 Å². The van der Waals surface area contributed by atoms with Gasteiger partial charge >= 0.3 is 6.03 Å². The number of hydrogen-bond donors (Lipinski definition) is 1. The number of nitrogens with one attached hydrogen (secondary N) is 1. The average molecular weight is 327 g/mol. The van der Waals surface area contributed by atoms with Crippen LogP contribution in [0.2, 0.25) is 0 Å². The molecule has 2 aromatic rings. The first-order valence-electron chi connectivity index (χ1n) is 7.29. The van der Waals surface area contributed by atoms with Crippen molar-refractivity contribution in [1.29, 1.82) is 0 Å². The summed E-state index contributed by atoms with van der Waals surface area (Å²) in [5.41, 5.74) is 1.74. The fraction of sp³-hybridized carbons (Fsp3) is 0.235. The van der Waals surface area contributed by atoms with E-state index < -0.39 is 6.03 Å². The molecule has 0 saturated heterocycles. The third-order valence-corrected chi connectivity index (χ3v) is 3.68. The molecule has 0 radical (unpaired) electrons. The van der Waals surface area contributed by atoms with Gasteiger partial charge in [0.2, 0.25) is 0 Å². The van der Waals surface area contributed by atoms with Crippen LogP contribution in [-0.4, -0.2) is 27.4 Å².